The molecule has 8 nitrogen and oxygen atoms in total. The van der Waals surface area contributed by atoms with E-state index in [1.165, 1.54) is 11.6 Å². The number of ether oxygens (including phenoxy) is 1. The number of rotatable bonds is 3. The molecular weight excluding hydrogens is 364 g/mol. The molecule has 0 amide bonds. The summed E-state index contributed by atoms with van der Waals surface area (Å²) in [5.41, 5.74) is 2.17. The molecule has 9 heteroatoms. The Hall–Kier alpha value is -2.49. The Balaban J connectivity index is 1.91. The Morgan fingerprint density at radius 2 is 2.26 bits per heavy atom. The largest absolute Gasteiger partial charge is 0.377 e. The molecular formula is C18H22N6O2S. The minimum absolute atomic E-state index is 0.183. The van der Waals surface area contributed by atoms with Gasteiger partial charge in [-0.2, -0.15) is 0 Å². The van der Waals surface area contributed by atoms with Gasteiger partial charge in [0, 0.05) is 57.3 Å². The normalized spacial score (nSPS) is 19.8. The maximum atomic E-state index is 12.1. The highest BCUT2D eigenvalue weighted by Crippen LogP contribution is 2.27. The molecule has 1 saturated heterocycles. The highest BCUT2D eigenvalue weighted by atomic mass is 32.2. The summed E-state index contributed by atoms with van der Waals surface area (Å²) in [6.07, 6.45) is 5.04. The molecule has 3 N–H and O–H groups in total. The average Bonchev–Trinajstić information content (AvgIpc) is 3.09. The second-order valence-electron chi connectivity index (χ2n) is 6.77. The zero-order chi connectivity index (χ0) is 19.0. The van der Waals surface area contributed by atoms with Gasteiger partial charge in [-0.3, -0.25) is 9.35 Å². The Bertz CT molecular complexity index is 1090. The van der Waals surface area contributed by atoms with E-state index < -0.39 is 9.71 Å². The fourth-order valence-corrected chi connectivity index (χ4v) is 3.84. The highest BCUT2D eigenvalue weighted by molar-refractivity contribution is 7.98. The van der Waals surface area contributed by atoms with Crippen molar-refractivity contribution in [2.45, 2.75) is 13.0 Å². The summed E-state index contributed by atoms with van der Waals surface area (Å²) in [5, 5.41) is 8.18. The molecule has 3 aromatic heterocycles. The molecule has 2 atom stereocenters. The molecule has 0 spiro atoms. The van der Waals surface area contributed by atoms with E-state index >= 15 is 0 Å². The maximum absolute atomic E-state index is 12.1. The first-order valence-electron chi connectivity index (χ1n) is 8.68. The number of hydrogen-bond acceptors (Lipinski definition) is 6. The van der Waals surface area contributed by atoms with E-state index in [2.05, 4.69) is 26.8 Å². The van der Waals surface area contributed by atoms with Crippen LogP contribution in [0.25, 0.3) is 22.4 Å². The van der Waals surface area contributed by atoms with Crippen LogP contribution in [0.15, 0.2) is 30.6 Å². The first kappa shape index (κ1) is 17.9. The van der Waals surface area contributed by atoms with Gasteiger partial charge in [0.05, 0.1) is 24.9 Å². The number of anilines is 1. The van der Waals surface area contributed by atoms with Gasteiger partial charge in [0.15, 0.2) is 5.82 Å². The predicted octanol–water partition coefficient (Wildman–Crippen LogP) is 1.18. The molecule has 4 rings (SSSR count). The minimum Gasteiger partial charge on any atom is -0.377 e. The molecule has 0 aliphatic carbocycles. The van der Waals surface area contributed by atoms with Crippen LogP contribution in [0.1, 0.15) is 12.6 Å². The summed E-state index contributed by atoms with van der Waals surface area (Å²) >= 11 is 0. The van der Waals surface area contributed by atoms with E-state index in [9.17, 15) is 4.21 Å². The molecule has 0 radical (unpaired) electrons. The van der Waals surface area contributed by atoms with E-state index in [0.717, 1.165) is 29.0 Å². The van der Waals surface area contributed by atoms with E-state index in [-0.39, 0.29) is 6.04 Å². The van der Waals surface area contributed by atoms with Gasteiger partial charge in [-0.15, -0.1) is 0 Å². The molecule has 1 aliphatic rings. The maximum Gasteiger partial charge on any atom is 0.162 e. The van der Waals surface area contributed by atoms with Crippen molar-refractivity contribution in [3.8, 4) is 11.4 Å². The van der Waals surface area contributed by atoms with Gasteiger partial charge >= 0.3 is 0 Å². The van der Waals surface area contributed by atoms with Crippen LogP contribution in [0.2, 0.25) is 0 Å². The van der Waals surface area contributed by atoms with E-state index in [0.29, 0.717) is 24.7 Å². The number of hydrogen-bond donors (Lipinski definition) is 2. The van der Waals surface area contributed by atoms with Crippen LogP contribution in [0.4, 0.5) is 5.82 Å². The fraction of sp³-hybridized carbons (Fsp3) is 0.333. The number of H-pyrrole nitrogens is 1. The van der Waals surface area contributed by atoms with Crippen molar-refractivity contribution in [1.29, 1.82) is 0 Å². The van der Waals surface area contributed by atoms with Gasteiger partial charge in [-0.25, -0.2) is 15.0 Å². The van der Waals surface area contributed by atoms with Gasteiger partial charge in [0.25, 0.3) is 0 Å². The van der Waals surface area contributed by atoms with Crippen LogP contribution < -0.4 is 10.0 Å². The molecule has 0 aromatic carbocycles. The monoisotopic (exact) mass is 386 g/mol. The lowest BCUT2D eigenvalue weighted by molar-refractivity contribution is 0.0985. The number of nitrogens with zero attached hydrogens (tertiary/aromatic N) is 4. The van der Waals surface area contributed by atoms with Crippen molar-refractivity contribution in [3.63, 3.8) is 0 Å². The lowest BCUT2D eigenvalue weighted by atomic mass is 10.1. The van der Waals surface area contributed by atoms with Crippen LogP contribution in [0, 0.1) is 0 Å². The number of morpholine rings is 1. The number of aromatic nitrogens is 4. The lowest BCUT2D eigenvalue weighted by Crippen LogP contribution is -2.44. The summed E-state index contributed by atoms with van der Waals surface area (Å²) in [5.74, 6) is 1.32. The Morgan fingerprint density at radius 1 is 1.41 bits per heavy atom. The average molecular weight is 386 g/mol. The summed E-state index contributed by atoms with van der Waals surface area (Å²) in [4.78, 5) is 19.0. The van der Waals surface area contributed by atoms with Crippen LogP contribution in [0.5, 0.6) is 0 Å². The minimum atomic E-state index is -2.60. The third-order valence-corrected chi connectivity index (χ3v) is 5.16. The van der Waals surface area contributed by atoms with Crippen LogP contribution >= 0.6 is 0 Å². The number of pyridine rings is 1. The smallest absolute Gasteiger partial charge is 0.162 e. The van der Waals surface area contributed by atoms with Crippen molar-refractivity contribution in [2.75, 3.05) is 30.9 Å². The van der Waals surface area contributed by atoms with E-state index in [1.807, 2.05) is 24.4 Å². The first-order valence-corrected chi connectivity index (χ1v) is 10.8. The second kappa shape index (κ2) is 6.91. The highest BCUT2D eigenvalue weighted by Gasteiger charge is 2.22. The van der Waals surface area contributed by atoms with Gasteiger partial charge in [-0.05, 0) is 19.1 Å². The van der Waals surface area contributed by atoms with Crippen molar-refractivity contribution in [2.24, 2.45) is 5.14 Å². The Morgan fingerprint density at radius 3 is 3.04 bits per heavy atom. The quantitative estimate of drug-likeness (QED) is 0.654. The molecule has 3 aromatic rings. The number of nitrogens with one attached hydrogen (secondary N) is 1. The van der Waals surface area contributed by atoms with Crippen molar-refractivity contribution < 1.29 is 8.95 Å². The number of aromatic amines is 1. The molecule has 0 bridgehead atoms. The molecule has 0 saturated carbocycles. The third kappa shape index (κ3) is 3.80. The molecule has 1 unspecified atom stereocenters. The third-order valence-electron chi connectivity index (χ3n) is 4.45. The van der Waals surface area contributed by atoms with Crippen LogP contribution in [-0.4, -0.2) is 61.6 Å². The van der Waals surface area contributed by atoms with Gasteiger partial charge in [0.1, 0.15) is 11.5 Å². The van der Waals surface area contributed by atoms with E-state index in [1.54, 1.807) is 6.20 Å². The van der Waals surface area contributed by atoms with Gasteiger partial charge in [-0.1, -0.05) is 0 Å². The Kier molecular flexibility index (Phi) is 4.58. The predicted molar refractivity (Wildman–Crippen MR) is 108 cm³/mol. The molecule has 1 fully saturated rings. The van der Waals surface area contributed by atoms with E-state index in [4.69, 9.17) is 14.9 Å². The van der Waals surface area contributed by atoms with Crippen molar-refractivity contribution >= 4 is 31.9 Å². The number of nitrogens with two attached hydrogens (primary N) is 1. The van der Waals surface area contributed by atoms with Gasteiger partial charge < -0.3 is 14.6 Å². The number of fused-ring (bicyclic) bond motifs is 1. The molecule has 1 aliphatic heterocycles. The van der Waals surface area contributed by atoms with Gasteiger partial charge in [0.2, 0.25) is 0 Å². The summed E-state index contributed by atoms with van der Waals surface area (Å²) < 4.78 is 17.7. The fourth-order valence-electron chi connectivity index (χ4n) is 3.24. The standard InChI is InChI=1S/C18H22N6O2S/c1-12-10-26-8-7-24(12)16-9-13(11-27(2,19)25)22-18(23-16)15-4-6-21-17-14(15)3-5-20-17/h3-6,9,11-12H,7-8,10H2,1-2H3,(H2,19,25)(H,20,21)/t12-,27?/m1/s1. The second-order valence-corrected chi connectivity index (χ2v) is 8.94. The van der Waals surface area contributed by atoms with Crippen molar-refractivity contribution in [1.82, 2.24) is 19.9 Å². The summed E-state index contributed by atoms with van der Waals surface area (Å²) in [7, 11) is -2.60. The lowest BCUT2D eigenvalue weighted by Gasteiger charge is -2.34. The zero-order valence-corrected chi connectivity index (χ0v) is 16.1. The molecule has 27 heavy (non-hydrogen) atoms. The summed E-state index contributed by atoms with van der Waals surface area (Å²) in [6, 6.07) is 5.84. The molecule has 4 heterocycles. The van der Waals surface area contributed by atoms with Crippen molar-refractivity contribution in [3.05, 3.63) is 36.3 Å². The molecule has 142 valence electrons. The summed E-state index contributed by atoms with van der Waals surface area (Å²) in [6.45, 7) is 4.10. The first-order chi connectivity index (χ1) is 12.9. The topological polar surface area (TPSA) is 110 Å². The van der Waals surface area contributed by atoms with Crippen LogP contribution in [-0.2, 0) is 14.4 Å². The zero-order valence-electron chi connectivity index (χ0n) is 15.3. The SMILES string of the molecule is C[C@@H]1COCCN1c1cc(C=S(C)(N)=O)nc(-c2ccnc3[nH]ccc23)n1. The van der Waals surface area contributed by atoms with Crippen LogP contribution in [0.3, 0.4) is 0 Å². The Labute approximate surface area is 157 Å².